The number of nitrogens with zero attached hydrogens (tertiary/aromatic N) is 2. The summed E-state index contributed by atoms with van der Waals surface area (Å²) < 4.78 is 7.16. The quantitative estimate of drug-likeness (QED) is 0.873. The number of fused-ring (bicyclic) bond motifs is 3. The van der Waals surface area contributed by atoms with E-state index in [0.717, 1.165) is 5.56 Å². The maximum atomic E-state index is 12.1. The molecule has 0 saturated heterocycles. The number of rotatable bonds is 3. The first-order valence-corrected chi connectivity index (χ1v) is 7.59. The minimum absolute atomic E-state index is 0.0149. The summed E-state index contributed by atoms with van der Waals surface area (Å²) in [7, 11) is 0. The standard InChI is InChI=1S/C17H16N2O5/c1-3-24-16-5-10-4-9(2)19-8-12(17(22)18-23)14(20)7-13(19)11(10)6-15(16)21/h5-9,21H,3-4H2,1-2H3. The molecule has 0 spiro atoms. The van der Waals surface area contributed by atoms with Gasteiger partial charge in [-0.15, -0.1) is 4.91 Å². The Bertz CT molecular complexity index is 901. The molecule has 0 aliphatic carbocycles. The molecule has 1 aromatic heterocycles. The molecule has 24 heavy (non-hydrogen) atoms. The molecule has 2 aromatic rings. The molecule has 1 amide bonds. The molecule has 0 saturated carbocycles. The van der Waals surface area contributed by atoms with Crippen molar-refractivity contribution >= 4 is 5.91 Å². The Hall–Kier alpha value is -2.96. The van der Waals surface area contributed by atoms with Gasteiger partial charge in [0.2, 0.25) is 0 Å². The third kappa shape index (κ3) is 2.47. The van der Waals surface area contributed by atoms with E-state index >= 15 is 0 Å². The van der Waals surface area contributed by atoms with E-state index in [4.69, 9.17) is 4.74 Å². The average Bonchev–Trinajstić information content (AvgIpc) is 2.56. The van der Waals surface area contributed by atoms with Crippen LogP contribution >= 0.6 is 0 Å². The molecule has 0 fully saturated rings. The number of ether oxygens (including phenoxy) is 1. The zero-order valence-electron chi connectivity index (χ0n) is 13.3. The van der Waals surface area contributed by atoms with E-state index in [0.29, 0.717) is 30.0 Å². The van der Waals surface area contributed by atoms with E-state index in [2.05, 4.69) is 5.18 Å². The van der Waals surface area contributed by atoms with Gasteiger partial charge >= 0.3 is 5.91 Å². The van der Waals surface area contributed by atoms with Crippen LogP contribution in [0.15, 0.2) is 34.4 Å². The van der Waals surface area contributed by atoms with Crippen molar-refractivity contribution in [3.05, 3.63) is 50.7 Å². The van der Waals surface area contributed by atoms with E-state index in [-0.39, 0.29) is 17.4 Å². The third-order valence-electron chi connectivity index (χ3n) is 4.14. The Morgan fingerprint density at radius 3 is 2.83 bits per heavy atom. The van der Waals surface area contributed by atoms with Gasteiger partial charge in [-0.2, -0.15) is 0 Å². The van der Waals surface area contributed by atoms with Crippen molar-refractivity contribution in [2.24, 2.45) is 5.18 Å². The summed E-state index contributed by atoms with van der Waals surface area (Å²) in [6, 6.07) is 4.58. The van der Waals surface area contributed by atoms with Crippen LogP contribution in [0.25, 0.3) is 11.3 Å². The molecule has 1 aliphatic heterocycles. The van der Waals surface area contributed by atoms with Gasteiger partial charge in [0, 0.05) is 29.0 Å². The Morgan fingerprint density at radius 1 is 1.42 bits per heavy atom. The van der Waals surface area contributed by atoms with Crippen LogP contribution < -0.4 is 10.2 Å². The second-order valence-electron chi connectivity index (χ2n) is 5.70. The van der Waals surface area contributed by atoms with Crippen LogP contribution in [0.5, 0.6) is 11.5 Å². The van der Waals surface area contributed by atoms with E-state index in [9.17, 15) is 19.6 Å². The van der Waals surface area contributed by atoms with E-state index in [1.54, 1.807) is 16.7 Å². The van der Waals surface area contributed by atoms with Crippen molar-refractivity contribution in [2.45, 2.75) is 26.3 Å². The summed E-state index contributed by atoms with van der Waals surface area (Å²) in [6.07, 6.45) is 2.00. The summed E-state index contributed by atoms with van der Waals surface area (Å²) in [5.41, 5.74) is 1.40. The first-order valence-electron chi connectivity index (χ1n) is 7.59. The van der Waals surface area contributed by atoms with Gasteiger partial charge in [-0.3, -0.25) is 9.59 Å². The second-order valence-corrected chi connectivity index (χ2v) is 5.70. The lowest BCUT2D eigenvalue weighted by molar-refractivity contribution is 0.0999. The largest absolute Gasteiger partial charge is 0.504 e. The number of carbonyl (C=O) groups is 1. The van der Waals surface area contributed by atoms with Crippen molar-refractivity contribution < 1.29 is 14.6 Å². The van der Waals surface area contributed by atoms with Gasteiger partial charge in [-0.25, -0.2) is 0 Å². The van der Waals surface area contributed by atoms with Gasteiger partial charge in [0.05, 0.1) is 12.3 Å². The summed E-state index contributed by atoms with van der Waals surface area (Å²) in [5, 5.41) is 12.4. The minimum Gasteiger partial charge on any atom is -0.504 e. The van der Waals surface area contributed by atoms with Crippen LogP contribution in [0.4, 0.5) is 0 Å². The zero-order chi connectivity index (χ0) is 17.4. The highest BCUT2D eigenvalue weighted by molar-refractivity contribution is 5.94. The molecule has 0 bridgehead atoms. The number of benzene rings is 1. The molecule has 2 heterocycles. The summed E-state index contributed by atoms with van der Waals surface area (Å²) in [6.45, 7) is 4.20. The fourth-order valence-electron chi connectivity index (χ4n) is 3.05. The van der Waals surface area contributed by atoms with Crippen LogP contribution in [0, 0.1) is 4.91 Å². The van der Waals surface area contributed by atoms with E-state index in [1.807, 2.05) is 13.8 Å². The molecule has 0 radical (unpaired) electrons. The fourth-order valence-corrected chi connectivity index (χ4v) is 3.05. The average molecular weight is 328 g/mol. The van der Waals surface area contributed by atoms with Crippen molar-refractivity contribution in [1.82, 2.24) is 4.57 Å². The first kappa shape index (κ1) is 15.9. The summed E-state index contributed by atoms with van der Waals surface area (Å²) >= 11 is 0. The monoisotopic (exact) mass is 328 g/mol. The number of phenolic OH excluding ortho intramolecular Hbond substituents is 1. The van der Waals surface area contributed by atoms with Crippen LogP contribution in [-0.2, 0) is 6.42 Å². The van der Waals surface area contributed by atoms with Crippen LogP contribution in [0.3, 0.4) is 0 Å². The van der Waals surface area contributed by atoms with Crippen molar-refractivity contribution in [3.8, 4) is 22.8 Å². The number of hydrogen-bond donors (Lipinski definition) is 1. The summed E-state index contributed by atoms with van der Waals surface area (Å²) in [5.74, 6) is -0.696. The highest BCUT2D eigenvalue weighted by Crippen LogP contribution is 2.40. The molecular formula is C17H16N2O5. The normalized spacial score (nSPS) is 15.3. The van der Waals surface area contributed by atoms with Gasteiger partial charge in [-0.05, 0) is 38.0 Å². The predicted molar refractivity (Wildman–Crippen MR) is 87.5 cm³/mol. The number of carbonyl (C=O) groups excluding carboxylic acids is 1. The van der Waals surface area contributed by atoms with Gasteiger partial charge in [-0.1, -0.05) is 0 Å². The molecule has 7 nitrogen and oxygen atoms in total. The zero-order valence-corrected chi connectivity index (χ0v) is 13.3. The number of phenols is 1. The van der Waals surface area contributed by atoms with E-state index < -0.39 is 11.3 Å². The predicted octanol–water partition coefficient (Wildman–Crippen LogP) is 2.64. The second kappa shape index (κ2) is 5.92. The Morgan fingerprint density at radius 2 is 2.17 bits per heavy atom. The number of aromatic nitrogens is 1. The lowest BCUT2D eigenvalue weighted by Crippen LogP contribution is -2.23. The van der Waals surface area contributed by atoms with Crippen LogP contribution in [0.2, 0.25) is 0 Å². The maximum absolute atomic E-state index is 12.1. The molecule has 3 rings (SSSR count). The molecule has 124 valence electrons. The molecule has 1 N–H and O–H groups in total. The fraction of sp³-hybridized carbons (Fsp3) is 0.294. The van der Waals surface area contributed by atoms with Gasteiger partial charge in [0.1, 0.15) is 5.56 Å². The lowest BCUT2D eigenvalue weighted by Gasteiger charge is -2.29. The van der Waals surface area contributed by atoms with Gasteiger partial charge in [0.25, 0.3) is 0 Å². The highest BCUT2D eigenvalue weighted by Gasteiger charge is 2.25. The van der Waals surface area contributed by atoms with Crippen LogP contribution in [0.1, 0.15) is 35.8 Å². The highest BCUT2D eigenvalue weighted by atomic mass is 16.5. The first-order chi connectivity index (χ1) is 11.5. The van der Waals surface area contributed by atoms with Gasteiger partial charge in [0.15, 0.2) is 16.9 Å². The van der Waals surface area contributed by atoms with Crippen molar-refractivity contribution in [2.75, 3.05) is 6.61 Å². The number of hydrogen-bond acceptors (Lipinski definition) is 5. The molecule has 7 heteroatoms. The molecule has 1 unspecified atom stereocenters. The molecule has 1 atom stereocenters. The number of nitroso groups, excluding NO2 is 1. The number of aromatic hydroxyl groups is 1. The van der Waals surface area contributed by atoms with E-state index in [1.165, 1.54) is 12.3 Å². The van der Waals surface area contributed by atoms with Crippen molar-refractivity contribution in [1.29, 1.82) is 0 Å². The molecule has 1 aliphatic rings. The van der Waals surface area contributed by atoms with Crippen LogP contribution in [-0.4, -0.2) is 22.2 Å². The molecular weight excluding hydrogens is 312 g/mol. The summed E-state index contributed by atoms with van der Waals surface area (Å²) in [4.78, 5) is 34.1. The Balaban J connectivity index is 2.22. The number of pyridine rings is 1. The third-order valence-corrected chi connectivity index (χ3v) is 4.14. The smallest absolute Gasteiger partial charge is 0.322 e. The SMILES string of the molecule is CCOc1cc2c(cc1O)-c1cc(=O)c(C(=O)N=O)cn1C(C)C2. The lowest BCUT2D eigenvalue weighted by atomic mass is 9.92. The maximum Gasteiger partial charge on any atom is 0.322 e. The van der Waals surface area contributed by atoms with Gasteiger partial charge < -0.3 is 14.4 Å². The number of amides is 1. The van der Waals surface area contributed by atoms with Crippen molar-refractivity contribution in [3.63, 3.8) is 0 Å². The minimum atomic E-state index is -1.08. The Kier molecular flexibility index (Phi) is 3.92. The Labute approximate surface area is 137 Å². The molecule has 1 aromatic carbocycles. The topological polar surface area (TPSA) is 98.0 Å².